The minimum Gasteiger partial charge on any atom is -0.462 e. The van der Waals surface area contributed by atoms with Gasteiger partial charge < -0.3 is 33.8 Å². The normalized spacial score (nSPS) is 14.6. The van der Waals surface area contributed by atoms with Gasteiger partial charge in [0.2, 0.25) is 0 Å². The predicted octanol–water partition coefficient (Wildman–Crippen LogP) is 24.2. The Morgan fingerprint density at radius 2 is 0.491 bits per heavy atom. The standard InChI is InChI=1S/C87H146O17P2/c1-5-9-13-17-21-25-29-33-37-39-40-42-45-48-52-56-60-64-68-72-85(90)98-78-83(104-87(92)74-70-66-62-58-54-50-46-41-38-34-30-26-22-18-14-10-6-2)80-102-106(95,96)100-76-81(88)75-99-105(93,94)101-79-82(103-86(91)73-69-65-61-57-53-49-44-36-32-28-24-20-16-12-8-4)77-97-84(89)71-67-63-59-55-51-47-43-35-31-27-23-19-15-11-7-3/h10-11,14-15,21-23,25-27,33-38,40,42-44,46,50-51,55,81-83,88H,5-9,12-13,16-20,24,28-32,39,41,45,47-49,52-54,56-80H2,1-4H3,(H,93,94)(H,95,96)/b14-10-,15-11-,25-21-,26-22-,27-23-,37-33-,38-34-,42-40-,43-35-,44-36-,50-46-,55-51-. The highest BCUT2D eigenvalue weighted by atomic mass is 31.2. The maximum absolute atomic E-state index is 13.1. The van der Waals surface area contributed by atoms with Crippen LogP contribution in [0.1, 0.15) is 323 Å². The molecule has 0 amide bonds. The topological polar surface area (TPSA) is 237 Å². The van der Waals surface area contributed by atoms with E-state index in [1.54, 1.807) is 0 Å². The fourth-order valence-corrected chi connectivity index (χ4v) is 12.1. The summed E-state index contributed by atoms with van der Waals surface area (Å²) in [5.74, 6) is -2.27. The fourth-order valence-electron chi connectivity index (χ4n) is 10.6. The van der Waals surface area contributed by atoms with Crippen molar-refractivity contribution in [2.75, 3.05) is 39.6 Å². The first kappa shape index (κ1) is 101. The van der Waals surface area contributed by atoms with Crippen molar-refractivity contribution in [2.45, 2.75) is 341 Å². The van der Waals surface area contributed by atoms with Crippen LogP contribution in [-0.2, 0) is 65.4 Å². The Balaban J connectivity index is 5.45. The van der Waals surface area contributed by atoms with Crippen LogP contribution in [0.2, 0.25) is 0 Å². The Hall–Kier alpha value is -5.06. The van der Waals surface area contributed by atoms with Gasteiger partial charge in [0.15, 0.2) is 12.2 Å². The molecule has 0 heterocycles. The average molecular weight is 1530 g/mol. The molecule has 3 N–H and O–H groups in total. The molecule has 0 saturated heterocycles. The number of aliphatic hydroxyl groups excluding tert-OH is 1. The highest BCUT2D eigenvalue weighted by molar-refractivity contribution is 7.47. The van der Waals surface area contributed by atoms with E-state index in [2.05, 4.69) is 174 Å². The van der Waals surface area contributed by atoms with E-state index in [0.717, 1.165) is 186 Å². The van der Waals surface area contributed by atoms with E-state index < -0.39 is 97.5 Å². The average Bonchev–Trinajstić information content (AvgIpc) is 0.907. The van der Waals surface area contributed by atoms with E-state index in [1.807, 2.05) is 0 Å². The van der Waals surface area contributed by atoms with Gasteiger partial charge >= 0.3 is 39.5 Å². The van der Waals surface area contributed by atoms with Crippen molar-refractivity contribution >= 4 is 39.5 Å². The van der Waals surface area contributed by atoms with E-state index in [0.29, 0.717) is 25.7 Å². The molecule has 0 aromatic rings. The minimum atomic E-state index is -5.00. The van der Waals surface area contributed by atoms with Gasteiger partial charge in [0.25, 0.3) is 0 Å². The molecule has 0 aromatic heterocycles. The molecule has 0 aromatic carbocycles. The van der Waals surface area contributed by atoms with Gasteiger partial charge in [-0.15, -0.1) is 0 Å². The number of carbonyl (C=O) groups excluding carboxylic acids is 4. The van der Waals surface area contributed by atoms with E-state index in [1.165, 1.54) is 57.8 Å². The molecule has 0 spiro atoms. The van der Waals surface area contributed by atoms with Crippen molar-refractivity contribution < 1.29 is 80.2 Å². The van der Waals surface area contributed by atoms with Crippen LogP contribution >= 0.6 is 15.6 Å². The Morgan fingerprint density at radius 3 is 0.802 bits per heavy atom. The second kappa shape index (κ2) is 78.1. The molecular formula is C87H146O17P2. The van der Waals surface area contributed by atoms with Crippen molar-refractivity contribution in [3.8, 4) is 0 Å². The van der Waals surface area contributed by atoms with E-state index >= 15 is 0 Å². The van der Waals surface area contributed by atoms with E-state index in [9.17, 15) is 43.2 Å². The predicted molar refractivity (Wildman–Crippen MR) is 436 cm³/mol. The van der Waals surface area contributed by atoms with Gasteiger partial charge in [-0.1, -0.05) is 276 Å². The third-order valence-electron chi connectivity index (χ3n) is 16.8. The first-order valence-electron chi connectivity index (χ1n) is 41.1. The number of ether oxygens (including phenoxy) is 4. The van der Waals surface area contributed by atoms with Crippen molar-refractivity contribution in [1.82, 2.24) is 0 Å². The van der Waals surface area contributed by atoms with Gasteiger partial charge in [-0.3, -0.25) is 37.3 Å². The second-order valence-electron chi connectivity index (χ2n) is 26.9. The number of phosphoric acid groups is 2. The van der Waals surface area contributed by atoms with Crippen LogP contribution in [0.5, 0.6) is 0 Å². The summed E-state index contributed by atoms with van der Waals surface area (Å²) in [6.45, 7) is 4.53. The Bertz CT molecular complexity index is 2580. The van der Waals surface area contributed by atoms with Gasteiger partial charge in [-0.05, 0) is 167 Å². The molecule has 0 radical (unpaired) electrons. The van der Waals surface area contributed by atoms with E-state index in [-0.39, 0.29) is 25.7 Å². The van der Waals surface area contributed by atoms with Crippen molar-refractivity contribution in [3.63, 3.8) is 0 Å². The first-order valence-corrected chi connectivity index (χ1v) is 44.1. The lowest BCUT2D eigenvalue weighted by molar-refractivity contribution is -0.161. The summed E-state index contributed by atoms with van der Waals surface area (Å²) in [6, 6.07) is 0. The van der Waals surface area contributed by atoms with Crippen LogP contribution in [0, 0.1) is 0 Å². The Kier molecular flexibility index (Phi) is 74.3. The number of allylic oxidation sites excluding steroid dienone is 24. The van der Waals surface area contributed by atoms with Gasteiger partial charge in [0.1, 0.15) is 19.3 Å². The summed E-state index contributed by atoms with van der Waals surface area (Å²) >= 11 is 0. The maximum atomic E-state index is 13.1. The monoisotopic (exact) mass is 1530 g/mol. The molecule has 17 nitrogen and oxygen atoms in total. The number of phosphoric ester groups is 2. The van der Waals surface area contributed by atoms with Crippen molar-refractivity contribution in [2.24, 2.45) is 0 Å². The molecule has 0 rings (SSSR count). The molecular weight excluding hydrogens is 1380 g/mol. The van der Waals surface area contributed by atoms with Gasteiger partial charge in [-0.25, -0.2) is 9.13 Å². The second-order valence-corrected chi connectivity index (χ2v) is 29.8. The molecule has 0 aliphatic carbocycles. The highest BCUT2D eigenvalue weighted by Crippen LogP contribution is 2.45. The fraction of sp³-hybridized carbons (Fsp3) is 0.678. The van der Waals surface area contributed by atoms with Gasteiger partial charge in [0.05, 0.1) is 26.4 Å². The summed E-state index contributed by atoms with van der Waals surface area (Å²) in [4.78, 5) is 73.1. The molecule has 0 fully saturated rings. The number of carbonyl (C=O) groups is 4. The summed E-state index contributed by atoms with van der Waals surface area (Å²) in [5.41, 5.74) is 0. The van der Waals surface area contributed by atoms with Crippen molar-refractivity contribution in [1.29, 1.82) is 0 Å². The summed E-state index contributed by atoms with van der Waals surface area (Å²) in [5, 5.41) is 10.7. The molecule has 0 saturated carbocycles. The quantitative estimate of drug-likeness (QED) is 0.0169. The zero-order chi connectivity index (χ0) is 77.4. The van der Waals surface area contributed by atoms with Crippen LogP contribution < -0.4 is 0 Å². The lowest BCUT2D eigenvalue weighted by atomic mass is 10.1. The molecule has 0 aliphatic rings. The van der Waals surface area contributed by atoms with Crippen LogP contribution in [0.3, 0.4) is 0 Å². The number of hydrogen-bond donors (Lipinski definition) is 3. The molecule has 5 unspecified atom stereocenters. The molecule has 606 valence electrons. The van der Waals surface area contributed by atoms with Crippen LogP contribution in [0.25, 0.3) is 0 Å². The minimum absolute atomic E-state index is 0.0589. The highest BCUT2D eigenvalue weighted by Gasteiger charge is 2.30. The van der Waals surface area contributed by atoms with Crippen molar-refractivity contribution in [3.05, 3.63) is 146 Å². The lowest BCUT2D eigenvalue weighted by Gasteiger charge is -2.21. The summed E-state index contributed by atoms with van der Waals surface area (Å²) < 4.78 is 68.6. The molecule has 106 heavy (non-hydrogen) atoms. The molecule has 19 heteroatoms. The maximum Gasteiger partial charge on any atom is 0.472 e. The van der Waals surface area contributed by atoms with Crippen LogP contribution in [0.15, 0.2) is 146 Å². The SMILES string of the molecule is CC/C=C\C/C=C\C/C=C\C/C=C\CCCCCCC(=O)OC(COC(=O)CCCCCCCC/C=C\C/C=C\C/C=C\CCCCC)COP(=O)(O)OCC(O)COP(=O)(O)OCC(COC(=O)CCCC/C=C\C/C=C\C/C=C\C/C=C\CC)OC(=O)CCCCCCC/C=C\CCCCCCCC. The number of esters is 4. The summed E-state index contributed by atoms with van der Waals surface area (Å²) in [7, 11) is -9.99. The molecule has 0 aliphatic heterocycles. The number of aliphatic hydroxyl groups is 1. The number of hydrogen-bond acceptors (Lipinski definition) is 15. The zero-order valence-corrected chi connectivity index (χ0v) is 68.1. The van der Waals surface area contributed by atoms with Gasteiger partial charge in [-0.2, -0.15) is 0 Å². The third-order valence-corrected chi connectivity index (χ3v) is 18.7. The Morgan fingerprint density at radius 1 is 0.274 bits per heavy atom. The van der Waals surface area contributed by atoms with Crippen LogP contribution in [0.4, 0.5) is 0 Å². The first-order chi connectivity index (χ1) is 51.7. The lowest BCUT2D eigenvalue weighted by Crippen LogP contribution is -2.30. The zero-order valence-electron chi connectivity index (χ0n) is 66.3. The van der Waals surface area contributed by atoms with Crippen LogP contribution in [-0.4, -0.2) is 96.7 Å². The number of unbranched alkanes of at least 4 members (excludes halogenated alkanes) is 26. The smallest absolute Gasteiger partial charge is 0.462 e. The molecule has 0 bridgehead atoms. The third kappa shape index (κ3) is 77.1. The summed E-state index contributed by atoms with van der Waals surface area (Å²) in [6.07, 6.45) is 89.6. The van der Waals surface area contributed by atoms with Gasteiger partial charge in [0, 0.05) is 25.7 Å². The number of rotatable bonds is 76. The van der Waals surface area contributed by atoms with E-state index in [4.69, 9.17) is 37.0 Å². The largest absolute Gasteiger partial charge is 0.472 e. The Labute approximate surface area is 643 Å². The molecule has 5 atom stereocenters.